The second kappa shape index (κ2) is 2.42. The van der Waals surface area contributed by atoms with Gasteiger partial charge in [0.2, 0.25) is 0 Å². The summed E-state index contributed by atoms with van der Waals surface area (Å²) >= 11 is 0. The van der Waals surface area contributed by atoms with E-state index in [1.807, 2.05) is 0 Å². The Kier molecular flexibility index (Phi) is 1.91. The third-order valence-corrected chi connectivity index (χ3v) is 3.74. The van der Waals surface area contributed by atoms with E-state index in [2.05, 4.69) is 0 Å². The highest BCUT2D eigenvalue weighted by molar-refractivity contribution is 7.92. The zero-order valence-electron chi connectivity index (χ0n) is 7.37. The van der Waals surface area contributed by atoms with E-state index in [9.17, 15) is 13.2 Å². The Labute approximate surface area is 72.4 Å². The molecule has 4 heteroatoms. The Morgan fingerprint density at radius 3 is 2.08 bits per heavy atom. The van der Waals surface area contributed by atoms with Gasteiger partial charge in [-0.25, -0.2) is 8.42 Å². The number of rotatable bonds is 1. The van der Waals surface area contributed by atoms with Gasteiger partial charge in [0.25, 0.3) is 0 Å². The summed E-state index contributed by atoms with van der Waals surface area (Å²) in [6, 6.07) is 0. The summed E-state index contributed by atoms with van der Waals surface area (Å²) in [5, 5.41) is -0.884. The molecule has 1 aliphatic carbocycles. The average Bonchev–Trinajstić information content (AvgIpc) is 2.03. The summed E-state index contributed by atoms with van der Waals surface area (Å²) in [7, 11) is -3.27. The number of sulfone groups is 1. The van der Waals surface area contributed by atoms with E-state index < -0.39 is 20.5 Å². The van der Waals surface area contributed by atoms with E-state index in [-0.39, 0.29) is 5.78 Å². The molecule has 0 spiro atoms. The van der Waals surface area contributed by atoms with Crippen LogP contribution in [-0.2, 0) is 14.6 Å². The first-order valence-electron chi connectivity index (χ1n) is 3.67. The van der Waals surface area contributed by atoms with Gasteiger partial charge in [0.05, 0.1) is 0 Å². The second-order valence-corrected chi connectivity index (χ2v) is 5.90. The van der Waals surface area contributed by atoms with Crippen molar-refractivity contribution < 1.29 is 13.2 Å². The third-order valence-electron chi connectivity index (χ3n) is 2.04. The van der Waals surface area contributed by atoms with Gasteiger partial charge in [-0.1, -0.05) is 19.9 Å². The van der Waals surface area contributed by atoms with Gasteiger partial charge in [0.15, 0.2) is 15.6 Å². The molecule has 3 nitrogen and oxygen atoms in total. The smallest absolute Gasteiger partial charge is 0.174 e. The predicted octanol–water partition coefficient (Wildman–Crippen LogP) is 0.565. The lowest BCUT2D eigenvalue weighted by molar-refractivity contribution is -0.114. The van der Waals surface area contributed by atoms with Crippen molar-refractivity contribution in [2.24, 2.45) is 5.41 Å². The molecule has 0 heterocycles. The molecule has 0 aromatic heterocycles. The number of carbonyl (C=O) groups excluding carboxylic acids is 1. The summed E-state index contributed by atoms with van der Waals surface area (Å²) in [6.45, 7) is 3.50. The molecule has 68 valence electrons. The maximum Gasteiger partial charge on any atom is 0.174 e. The van der Waals surface area contributed by atoms with Crippen LogP contribution in [0.4, 0.5) is 0 Å². The molecule has 0 saturated heterocycles. The largest absolute Gasteiger partial charge is 0.293 e. The predicted molar refractivity (Wildman–Crippen MR) is 46.6 cm³/mol. The number of allylic oxidation sites excluding steroid dienone is 2. The standard InChI is InChI=1S/C8H12O3S/c1-8(2)5-4-6(9)7(8)12(3,10)11/h4-5,7H,1-3H3. The third kappa shape index (κ3) is 1.43. The molecule has 0 aromatic carbocycles. The van der Waals surface area contributed by atoms with Gasteiger partial charge in [-0.2, -0.15) is 0 Å². The molecule has 0 saturated carbocycles. The first kappa shape index (κ1) is 9.45. The van der Waals surface area contributed by atoms with Gasteiger partial charge in [-0.15, -0.1) is 0 Å². The molecule has 0 radical (unpaired) electrons. The van der Waals surface area contributed by atoms with Gasteiger partial charge in [-0.3, -0.25) is 4.79 Å². The first-order valence-corrected chi connectivity index (χ1v) is 5.62. The zero-order chi connectivity index (χ0) is 9.57. The fourth-order valence-corrected chi connectivity index (χ4v) is 3.28. The number of ketones is 1. The molecule has 0 aliphatic heterocycles. The fraction of sp³-hybridized carbons (Fsp3) is 0.625. The van der Waals surface area contributed by atoms with Crippen LogP contribution >= 0.6 is 0 Å². The SMILES string of the molecule is CC1(C)C=CC(=O)C1S(C)(=O)=O. The van der Waals surface area contributed by atoms with Crippen LogP contribution in [-0.4, -0.2) is 25.7 Å². The van der Waals surface area contributed by atoms with Crippen molar-refractivity contribution in [2.45, 2.75) is 19.1 Å². The second-order valence-electron chi connectivity index (χ2n) is 3.77. The van der Waals surface area contributed by atoms with Crippen molar-refractivity contribution in [3.63, 3.8) is 0 Å². The number of hydrogen-bond acceptors (Lipinski definition) is 3. The summed E-state index contributed by atoms with van der Waals surface area (Å²) in [5.41, 5.74) is -0.551. The van der Waals surface area contributed by atoms with E-state index >= 15 is 0 Å². The van der Waals surface area contributed by atoms with Crippen LogP contribution in [0.15, 0.2) is 12.2 Å². The van der Waals surface area contributed by atoms with Crippen molar-refractivity contribution in [3.8, 4) is 0 Å². The van der Waals surface area contributed by atoms with Gasteiger partial charge in [0, 0.05) is 11.7 Å². The van der Waals surface area contributed by atoms with E-state index in [1.54, 1.807) is 19.9 Å². The minimum atomic E-state index is -3.27. The first-order chi connectivity index (χ1) is 5.25. The minimum absolute atomic E-state index is 0.303. The van der Waals surface area contributed by atoms with Crippen LogP contribution in [0.25, 0.3) is 0 Å². The van der Waals surface area contributed by atoms with Crippen molar-refractivity contribution in [1.82, 2.24) is 0 Å². The molecule has 0 aromatic rings. The summed E-state index contributed by atoms with van der Waals surface area (Å²) in [5.74, 6) is -0.303. The molecular weight excluding hydrogens is 176 g/mol. The van der Waals surface area contributed by atoms with Crippen molar-refractivity contribution >= 4 is 15.6 Å². The Bertz CT molecular complexity index is 335. The summed E-state index contributed by atoms with van der Waals surface area (Å²) in [4.78, 5) is 11.2. The van der Waals surface area contributed by atoms with Crippen LogP contribution in [0.3, 0.4) is 0 Å². The highest BCUT2D eigenvalue weighted by Gasteiger charge is 2.43. The average molecular weight is 188 g/mol. The maximum atomic E-state index is 11.2. The lowest BCUT2D eigenvalue weighted by atomic mass is 9.93. The lowest BCUT2D eigenvalue weighted by Crippen LogP contribution is -2.36. The molecule has 1 atom stereocenters. The molecule has 1 unspecified atom stereocenters. The number of carbonyl (C=O) groups is 1. The van der Waals surface area contributed by atoms with Crippen LogP contribution in [0, 0.1) is 5.41 Å². The Morgan fingerprint density at radius 2 is 1.92 bits per heavy atom. The summed E-state index contributed by atoms with van der Waals surface area (Å²) in [6.07, 6.45) is 4.11. The maximum absolute atomic E-state index is 11.2. The zero-order valence-corrected chi connectivity index (χ0v) is 8.18. The van der Waals surface area contributed by atoms with Gasteiger partial charge < -0.3 is 0 Å². The molecule has 0 amide bonds. The quantitative estimate of drug-likeness (QED) is 0.604. The van der Waals surface area contributed by atoms with Crippen LogP contribution in [0.5, 0.6) is 0 Å². The normalized spacial score (nSPS) is 27.9. The summed E-state index contributed by atoms with van der Waals surface area (Å²) < 4.78 is 22.4. The minimum Gasteiger partial charge on any atom is -0.293 e. The van der Waals surface area contributed by atoms with Gasteiger partial charge in [0.1, 0.15) is 5.25 Å². The Hall–Kier alpha value is -0.640. The molecule has 0 fully saturated rings. The van der Waals surface area contributed by atoms with Crippen LogP contribution < -0.4 is 0 Å². The molecule has 12 heavy (non-hydrogen) atoms. The van der Waals surface area contributed by atoms with E-state index in [0.29, 0.717) is 0 Å². The fourth-order valence-electron chi connectivity index (χ4n) is 1.60. The number of hydrogen-bond donors (Lipinski definition) is 0. The topological polar surface area (TPSA) is 51.2 Å². The monoisotopic (exact) mass is 188 g/mol. The molecule has 0 bridgehead atoms. The molecule has 1 rings (SSSR count). The van der Waals surface area contributed by atoms with Crippen molar-refractivity contribution in [2.75, 3.05) is 6.26 Å². The van der Waals surface area contributed by atoms with Crippen LogP contribution in [0.2, 0.25) is 0 Å². The van der Waals surface area contributed by atoms with E-state index in [1.165, 1.54) is 6.08 Å². The molecule has 1 aliphatic rings. The van der Waals surface area contributed by atoms with Gasteiger partial charge >= 0.3 is 0 Å². The van der Waals surface area contributed by atoms with E-state index in [4.69, 9.17) is 0 Å². The van der Waals surface area contributed by atoms with Crippen molar-refractivity contribution in [3.05, 3.63) is 12.2 Å². The molecular formula is C8H12O3S. The Morgan fingerprint density at radius 1 is 1.42 bits per heavy atom. The van der Waals surface area contributed by atoms with Gasteiger partial charge in [-0.05, 0) is 6.08 Å². The highest BCUT2D eigenvalue weighted by Crippen LogP contribution is 2.33. The van der Waals surface area contributed by atoms with Crippen molar-refractivity contribution in [1.29, 1.82) is 0 Å². The van der Waals surface area contributed by atoms with Crippen LogP contribution in [0.1, 0.15) is 13.8 Å². The highest BCUT2D eigenvalue weighted by atomic mass is 32.2. The Balaban J connectivity index is 3.16. The van der Waals surface area contributed by atoms with E-state index in [0.717, 1.165) is 6.26 Å². The lowest BCUT2D eigenvalue weighted by Gasteiger charge is -2.22. The molecule has 0 N–H and O–H groups in total.